The van der Waals surface area contributed by atoms with Gasteiger partial charge in [0.05, 0.1) is 17.9 Å². The second-order valence-electron chi connectivity index (χ2n) is 5.50. The van der Waals surface area contributed by atoms with Gasteiger partial charge in [0.25, 0.3) is 0 Å². The molecule has 0 saturated carbocycles. The van der Waals surface area contributed by atoms with Crippen molar-refractivity contribution in [2.45, 2.75) is 19.8 Å². The molecular weight excluding hydrogens is 300 g/mol. The van der Waals surface area contributed by atoms with E-state index in [1.165, 1.54) is 0 Å². The van der Waals surface area contributed by atoms with Crippen molar-refractivity contribution < 1.29 is 4.79 Å². The third-order valence-electron chi connectivity index (χ3n) is 3.47. The highest BCUT2D eigenvalue weighted by Crippen LogP contribution is 2.27. The van der Waals surface area contributed by atoms with Crippen LogP contribution < -0.4 is 11.1 Å². The number of aromatic nitrogens is 3. The number of nitrogens with one attached hydrogen (secondary N) is 1. The van der Waals surface area contributed by atoms with Crippen LogP contribution in [0.5, 0.6) is 0 Å². The number of primary amides is 1. The first kappa shape index (κ1) is 14.9. The average molecular weight is 318 g/mol. The Balaban J connectivity index is 1.70. The van der Waals surface area contributed by atoms with Crippen molar-refractivity contribution in [2.24, 2.45) is 5.73 Å². The highest BCUT2D eigenvalue weighted by atomic mass is 32.1. The molecule has 7 nitrogen and oxygen atoms in total. The van der Waals surface area contributed by atoms with Crippen molar-refractivity contribution in [2.75, 3.05) is 25.0 Å². The van der Waals surface area contributed by atoms with Crippen LogP contribution in [0.25, 0.3) is 0 Å². The molecule has 1 aliphatic heterocycles. The summed E-state index contributed by atoms with van der Waals surface area (Å²) in [6.07, 6.45) is 0. The molecular formula is C14H18N6OS. The Morgan fingerprint density at radius 1 is 1.41 bits per heavy atom. The van der Waals surface area contributed by atoms with E-state index in [1.807, 2.05) is 30.2 Å². The van der Waals surface area contributed by atoms with Crippen LogP contribution in [0, 0.1) is 13.8 Å². The van der Waals surface area contributed by atoms with Crippen molar-refractivity contribution in [3.63, 3.8) is 0 Å². The second kappa shape index (κ2) is 5.98. The van der Waals surface area contributed by atoms with E-state index < -0.39 is 0 Å². The number of nitrogens with two attached hydrogens (primary N) is 1. The van der Waals surface area contributed by atoms with Crippen LogP contribution >= 0.6 is 11.3 Å². The largest absolute Gasteiger partial charge is 0.369 e. The number of hydrogen-bond acceptors (Lipinski definition) is 7. The summed E-state index contributed by atoms with van der Waals surface area (Å²) in [4.78, 5) is 26.2. The summed E-state index contributed by atoms with van der Waals surface area (Å²) in [7, 11) is 0. The Bertz CT molecular complexity index is 694. The maximum atomic E-state index is 10.9. The predicted octanol–water partition coefficient (Wildman–Crippen LogP) is 1.18. The highest BCUT2D eigenvalue weighted by Gasteiger charge is 2.30. The molecule has 1 amide bonds. The maximum absolute atomic E-state index is 10.9. The molecule has 3 rings (SSSR count). The Morgan fingerprint density at radius 3 is 2.82 bits per heavy atom. The van der Waals surface area contributed by atoms with E-state index in [0.717, 1.165) is 41.3 Å². The molecule has 0 aromatic carbocycles. The van der Waals surface area contributed by atoms with E-state index >= 15 is 0 Å². The topological polar surface area (TPSA) is 97.0 Å². The number of rotatable bonds is 5. The lowest BCUT2D eigenvalue weighted by Crippen LogP contribution is -2.48. The van der Waals surface area contributed by atoms with Crippen LogP contribution in [0.1, 0.15) is 23.1 Å². The summed E-state index contributed by atoms with van der Waals surface area (Å²) in [5.41, 5.74) is 7.18. The van der Waals surface area contributed by atoms with E-state index in [1.54, 1.807) is 11.3 Å². The Morgan fingerprint density at radius 2 is 2.18 bits per heavy atom. The normalized spacial score (nSPS) is 15.5. The molecule has 0 spiro atoms. The first-order valence-corrected chi connectivity index (χ1v) is 7.93. The van der Waals surface area contributed by atoms with Gasteiger partial charge in [-0.1, -0.05) is 0 Å². The summed E-state index contributed by atoms with van der Waals surface area (Å²) in [5, 5.41) is 6.04. The van der Waals surface area contributed by atoms with Gasteiger partial charge in [-0.05, 0) is 13.8 Å². The van der Waals surface area contributed by atoms with Crippen LogP contribution in [0.3, 0.4) is 0 Å². The van der Waals surface area contributed by atoms with Crippen molar-refractivity contribution in [3.05, 3.63) is 28.7 Å². The number of aryl methyl sites for hydroxylation is 2. The number of amides is 1. The Kier molecular flexibility index (Phi) is 4.04. The zero-order valence-corrected chi connectivity index (χ0v) is 13.4. The molecule has 1 fully saturated rings. The van der Waals surface area contributed by atoms with Gasteiger partial charge in [-0.2, -0.15) is 0 Å². The molecule has 0 unspecified atom stereocenters. The fourth-order valence-electron chi connectivity index (χ4n) is 2.49. The molecule has 8 heteroatoms. The molecule has 116 valence electrons. The number of nitrogens with zero attached hydrogens (tertiary/aromatic N) is 4. The van der Waals surface area contributed by atoms with Crippen LogP contribution in [-0.2, 0) is 4.79 Å². The van der Waals surface area contributed by atoms with Gasteiger partial charge >= 0.3 is 0 Å². The van der Waals surface area contributed by atoms with Crippen molar-refractivity contribution >= 4 is 28.2 Å². The number of carbonyl (C=O) groups excluding carboxylic acids is 1. The van der Waals surface area contributed by atoms with Gasteiger partial charge in [0.1, 0.15) is 11.6 Å². The molecule has 2 aromatic heterocycles. The lowest BCUT2D eigenvalue weighted by atomic mass is 9.96. The maximum Gasteiger partial charge on any atom is 0.231 e. The van der Waals surface area contributed by atoms with Gasteiger partial charge in [-0.3, -0.25) is 9.69 Å². The smallest absolute Gasteiger partial charge is 0.231 e. The van der Waals surface area contributed by atoms with Gasteiger partial charge in [-0.15, -0.1) is 11.3 Å². The van der Waals surface area contributed by atoms with E-state index in [-0.39, 0.29) is 5.91 Å². The van der Waals surface area contributed by atoms with Gasteiger partial charge < -0.3 is 11.1 Å². The molecule has 0 radical (unpaired) electrons. The SMILES string of the molecule is Cc1csc(Nc2cc(C3CN(CC(N)=O)C3)nc(C)n2)n1. The molecule has 0 atom stereocenters. The number of anilines is 2. The lowest BCUT2D eigenvalue weighted by molar-refractivity contribution is -0.120. The van der Waals surface area contributed by atoms with Crippen LogP contribution in [0.2, 0.25) is 0 Å². The van der Waals surface area contributed by atoms with Gasteiger partial charge in [0.2, 0.25) is 5.91 Å². The number of likely N-dealkylation sites (tertiary alicyclic amines) is 1. The monoisotopic (exact) mass is 318 g/mol. The highest BCUT2D eigenvalue weighted by molar-refractivity contribution is 7.13. The predicted molar refractivity (Wildman–Crippen MR) is 85.3 cm³/mol. The number of hydrogen-bond donors (Lipinski definition) is 2. The summed E-state index contributed by atoms with van der Waals surface area (Å²) in [6, 6.07) is 1.95. The molecule has 0 bridgehead atoms. The summed E-state index contributed by atoms with van der Waals surface area (Å²) < 4.78 is 0. The van der Waals surface area contributed by atoms with Crippen molar-refractivity contribution in [1.82, 2.24) is 19.9 Å². The summed E-state index contributed by atoms with van der Waals surface area (Å²) in [5.74, 6) is 1.50. The van der Waals surface area contributed by atoms with E-state index in [9.17, 15) is 4.79 Å². The average Bonchev–Trinajstić information content (AvgIpc) is 2.77. The van der Waals surface area contributed by atoms with Crippen LogP contribution in [0.4, 0.5) is 10.9 Å². The minimum Gasteiger partial charge on any atom is -0.369 e. The Hall–Kier alpha value is -2.06. The second-order valence-corrected chi connectivity index (χ2v) is 6.36. The molecule has 0 aliphatic carbocycles. The third kappa shape index (κ3) is 3.40. The molecule has 1 aliphatic rings. The molecule has 3 heterocycles. The lowest BCUT2D eigenvalue weighted by Gasteiger charge is -2.38. The van der Waals surface area contributed by atoms with E-state index in [4.69, 9.17) is 5.73 Å². The Labute approximate surface area is 132 Å². The first-order valence-electron chi connectivity index (χ1n) is 7.05. The standard InChI is InChI=1S/C14H18N6OS/c1-8-7-22-14(16-8)19-13-3-11(17-9(2)18-13)10-4-20(5-10)6-12(15)21/h3,7,10H,4-6H2,1-2H3,(H2,15,21)(H,16,17,18,19). The molecule has 1 saturated heterocycles. The fourth-order valence-corrected chi connectivity index (χ4v) is 3.19. The van der Waals surface area contributed by atoms with Crippen LogP contribution in [0.15, 0.2) is 11.4 Å². The first-order chi connectivity index (χ1) is 10.5. The quantitative estimate of drug-likeness (QED) is 0.859. The summed E-state index contributed by atoms with van der Waals surface area (Å²) >= 11 is 1.55. The van der Waals surface area contributed by atoms with Gasteiger partial charge in [-0.25, -0.2) is 15.0 Å². The fraction of sp³-hybridized carbons (Fsp3) is 0.429. The minimum atomic E-state index is -0.293. The molecule has 3 N–H and O–H groups in total. The molecule has 2 aromatic rings. The molecule has 22 heavy (non-hydrogen) atoms. The van der Waals surface area contributed by atoms with Crippen molar-refractivity contribution in [3.8, 4) is 0 Å². The summed E-state index contributed by atoms with van der Waals surface area (Å²) in [6.45, 7) is 5.75. The number of thiazole rings is 1. The van der Waals surface area contributed by atoms with Gasteiger partial charge in [0, 0.05) is 30.5 Å². The third-order valence-corrected chi connectivity index (χ3v) is 4.34. The van der Waals surface area contributed by atoms with Crippen molar-refractivity contribution in [1.29, 1.82) is 0 Å². The zero-order valence-electron chi connectivity index (χ0n) is 12.5. The van der Waals surface area contributed by atoms with E-state index in [0.29, 0.717) is 12.5 Å². The van der Waals surface area contributed by atoms with Crippen LogP contribution in [-0.4, -0.2) is 45.4 Å². The van der Waals surface area contributed by atoms with Gasteiger partial charge in [0.15, 0.2) is 5.13 Å². The minimum absolute atomic E-state index is 0.293. The number of carbonyl (C=O) groups is 1. The van der Waals surface area contributed by atoms with E-state index in [2.05, 4.69) is 20.3 Å². The zero-order chi connectivity index (χ0) is 15.7.